The third-order valence-corrected chi connectivity index (χ3v) is 6.67. The Bertz CT molecular complexity index is 707. The maximum atomic E-state index is 13.0. The predicted octanol–water partition coefficient (Wildman–Crippen LogP) is 1.49. The first kappa shape index (κ1) is 18.0. The smallest absolute Gasteiger partial charge is 0.245 e. The molecule has 128 valence electrons. The van der Waals surface area contributed by atoms with E-state index in [1.54, 1.807) is 0 Å². The number of carbonyl (C=O) groups is 1. The van der Waals surface area contributed by atoms with Gasteiger partial charge in [0.1, 0.15) is 10.9 Å². The number of sulfonamides is 1. The Morgan fingerprint density at radius 3 is 2.43 bits per heavy atom. The van der Waals surface area contributed by atoms with Crippen LogP contribution in [0.1, 0.15) is 19.3 Å². The molecule has 1 saturated heterocycles. The van der Waals surface area contributed by atoms with Crippen LogP contribution < -0.4 is 15.2 Å². The third-order valence-electron chi connectivity index (χ3n) is 3.81. The van der Waals surface area contributed by atoms with E-state index in [4.69, 9.17) is 15.2 Å². The largest absolute Gasteiger partial charge is 0.493 e. The number of benzene rings is 1. The first-order valence-electron chi connectivity index (χ1n) is 7.05. The minimum absolute atomic E-state index is 0.0169. The van der Waals surface area contributed by atoms with Crippen molar-refractivity contribution in [2.45, 2.75) is 30.2 Å². The fourth-order valence-corrected chi connectivity index (χ4v) is 5.30. The number of nitrogens with two attached hydrogens (primary N) is 1. The number of piperidine rings is 1. The van der Waals surface area contributed by atoms with Crippen molar-refractivity contribution < 1.29 is 22.7 Å². The van der Waals surface area contributed by atoms with Gasteiger partial charge in [-0.05, 0) is 34.8 Å². The molecule has 1 atom stereocenters. The van der Waals surface area contributed by atoms with Crippen LogP contribution in [0.2, 0.25) is 0 Å². The predicted molar refractivity (Wildman–Crippen MR) is 88.0 cm³/mol. The van der Waals surface area contributed by atoms with Crippen molar-refractivity contribution in [3.63, 3.8) is 0 Å². The van der Waals surface area contributed by atoms with Gasteiger partial charge in [0.2, 0.25) is 15.9 Å². The van der Waals surface area contributed by atoms with Gasteiger partial charge in [0.25, 0.3) is 0 Å². The van der Waals surface area contributed by atoms with Crippen LogP contribution in [0.4, 0.5) is 0 Å². The second kappa shape index (κ2) is 7.06. The number of carbonyl (C=O) groups excluding carboxylic acids is 1. The van der Waals surface area contributed by atoms with Crippen molar-refractivity contribution in [1.29, 1.82) is 0 Å². The average Bonchev–Trinajstić information content (AvgIpc) is 2.54. The third kappa shape index (κ3) is 3.46. The SMILES string of the molecule is COc1cc(Br)c(S(=O)(=O)N2CCCC[C@H]2C(N)=O)cc1OC. The molecular weight excluding hydrogens is 388 g/mol. The maximum Gasteiger partial charge on any atom is 0.245 e. The van der Waals surface area contributed by atoms with Crippen LogP contribution in [-0.2, 0) is 14.8 Å². The highest BCUT2D eigenvalue weighted by atomic mass is 79.9. The summed E-state index contributed by atoms with van der Waals surface area (Å²) in [5.41, 5.74) is 5.37. The number of hydrogen-bond donors (Lipinski definition) is 1. The van der Waals surface area contributed by atoms with E-state index >= 15 is 0 Å². The topological polar surface area (TPSA) is 98.9 Å². The minimum Gasteiger partial charge on any atom is -0.493 e. The lowest BCUT2D eigenvalue weighted by atomic mass is 10.0. The van der Waals surface area contributed by atoms with Gasteiger partial charge in [-0.3, -0.25) is 4.79 Å². The number of halogens is 1. The standard InChI is InChI=1S/C14H19BrN2O5S/c1-21-11-7-9(15)13(8-12(11)22-2)23(19,20)17-6-4-3-5-10(17)14(16)18/h7-8,10H,3-6H2,1-2H3,(H2,16,18)/t10-/m0/s1. The zero-order valence-corrected chi connectivity index (χ0v) is 15.3. The molecule has 23 heavy (non-hydrogen) atoms. The van der Waals surface area contributed by atoms with Gasteiger partial charge >= 0.3 is 0 Å². The summed E-state index contributed by atoms with van der Waals surface area (Å²) < 4.78 is 37.8. The molecule has 1 aliphatic heterocycles. The normalized spacial score (nSPS) is 19.3. The first-order chi connectivity index (χ1) is 10.8. The first-order valence-corrected chi connectivity index (χ1v) is 9.29. The van der Waals surface area contributed by atoms with Gasteiger partial charge in [-0.1, -0.05) is 6.42 Å². The molecule has 7 nitrogen and oxygen atoms in total. The van der Waals surface area contributed by atoms with Crippen LogP contribution in [0.5, 0.6) is 11.5 Å². The Morgan fingerprint density at radius 2 is 1.87 bits per heavy atom. The molecule has 1 amide bonds. The van der Waals surface area contributed by atoms with Crippen LogP contribution in [-0.4, -0.2) is 45.4 Å². The Kier molecular flexibility index (Phi) is 5.53. The number of primary amides is 1. The van der Waals surface area contributed by atoms with Crippen molar-refractivity contribution in [2.24, 2.45) is 5.73 Å². The minimum atomic E-state index is -3.89. The Labute approximate surface area is 143 Å². The number of amides is 1. The Hall–Kier alpha value is -1.32. The molecule has 0 saturated carbocycles. The van der Waals surface area contributed by atoms with Crippen molar-refractivity contribution >= 4 is 31.9 Å². The summed E-state index contributed by atoms with van der Waals surface area (Å²) in [6.45, 7) is 0.261. The fourth-order valence-electron chi connectivity index (χ4n) is 2.64. The molecule has 0 aliphatic carbocycles. The lowest BCUT2D eigenvalue weighted by molar-refractivity contribution is -0.122. The highest BCUT2D eigenvalue weighted by Gasteiger charge is 2.38. The van der Waals surface area contributed by atoms with E-state index in [2.05, 4.69) is 15.9 Å². The highest BCUT2D eigenvalue weighted by Crippen LogP contribution is 2.37. The monoisotopic (exact) mass is 406 g/mol. The van der Waals surface area contributed by atoms with Gasteiger partial charge in [0, 0.05) is 17.1 Å². The van der Waals surface area contributed by atoms with Gasteiger partial charge in [0.05, 0.1) is 14.2 Å². The number of nitrogens with zero attached hydrogens (tertiary/aromatic N) is 1. The van der Waals surface area contributed by atoms with Crippen LogP contribution in [0.15, 0.2) is 21.5 Å². The van der Waals surface area contributed by atoms with E-state index in [1.807, 2.05) is 0 Å². The fraction of sp³-hybridized carbons (Fsp3) is 0.500. The molecule has 0 bridgehead atoms. The molecule has 2 N–H and O–H groups in total. The van der Waals surface area contributed by atoms with Crippen LogP contribution >= 0.6 is 15.9 Å². The summed E-state index contributed by atoms with van der Waals surface area (Å²) in [6.07, 6.45) is 1.89. The molecule has 0 unspecified atom stereocenters. The van der Waals surface area contributed by atoms with E-state index in [-0.39, 0.29) is 11.4 Å². The van der Waals surface area contributed by atoms with Crippen molar-refractivity contribution in [1.82, 2.24) is 4.31 Å². The van der Waals surface area contributed by atoms with E-state index in [9.17, 15) is 13.2 Å². The zero-order chi connectivity index (χ0) is 17.2. The van der Waals surface area contributed by atoms with Crippen molar-refractivity contribution in [2.75, 3.05) is 20.8 Å². The van der Waals surface area contributed by atoms with Gasteiger partial charge in [0.15, 0.2) is 11.5 Å². The molecule has 2 rings (SSSR count). The molecular formula is C14H19BrN2O5S. The van der Waals surface area contributed by atoms with Gasteiger partial charge in [-0.2, -0.15) is 4.31 Å². The molecule has 1 heterocycles. The average molecular weight is 407 g/mol. The van der Waals surface area contributed by atoms with Gasteiger partial charge in [-0.25, -0.2) is 8.42 Å². The van der Waals surface area contributed by atoms with Crippen LogP contribution in [0.25, 0.3) is 0 Å². The maximum absolute atomic E-state index is 13.0. The number of methoxy groups -OCH3 is 2. The highest BCUT2D eigenvalue weighted by molar-refractivity contribution is 9.10. The van der Waals surface area contributed by atoms with Gasteiger partial charge < -0.3 is 15.2 Å². The van der Waals surface area contributed by atoms with E-state index in [0.29, 0.717) is 28.8 Å². The summed E-state index contributed by atoms with van der Waals surface area (Å²) in [5, 5.41) is 0. The van der Waals surface area contributed by atoms with Crippen LogP contribution in [0.3, 0.4) is 0 Å². The second-order valence-electron chi connectivity index (χ2n) is 5.17. The number of rotatable bonds is 5. The summed E-state index contributed by atoms with van der Waals surface area (Å²) >= 11 is 3.25. The molecule has 1 aromatic rings. The quantitative estimate of drug-likeness (QED) is 0.798. The molecule has 9 heteroatoms. The van der Waals surface area contributed by atoms with Crippen molar-refractivity contribution in [3.8, 4) is 11.5 Å². The molecule has 1 aromatic carbocycles. The second-order valence-corrected chi connectivity index (χ2v) is 7.88. The molecule has 0 spiro atoms. The van der Waals surface area contributed by atoms with Crippen LogP contribution in [0, 0.1) is 0 Å². The van der Waals surface area contributed by atoms with Crippen molar-refractivity contribution in [3.05, 3.63) is 16.6 Å². The Balaban J connectivity index is 2.52. The molecule has 0 aromatic heterocycles. The van der Waals surface area contributed by atoms with E-state index < -0.39 is 22.0 Å². The molecule has 1 fully saturated rings. The summed E-state index contributed by atoms with van der Waals surface area (Å²) in [7, 11) is -1.00. The Morgan fingerprint density at radius 1 is 1.26 bits per heavy atom. The summed E-state index contributed by atoms with van der Waals surface area (Å²) in [4.78, 5) is 11.6. The summed E-state index contributed by atoms with van der Waals surface area (Å²) in [5.74, 6) is 0.0650. The molecule has 1 aliphatic rings. The lowest BCUT2D eigenvalue weighted by Gasteiger charge is -2.32. The zero-order valence-electron chi connectivity index (χ0n) is 12.9. The lowest BCUT2D eigenvalue weighted by Crippen LogP contribution is -2.50. The number of ether oxygens (including phenoxy) is 2. The molecule has 0 radical (unpaired) electrons. The summed E-state index contributed by atoms with van der Waals surface area (Å²) in [6, 6.07) is 2.08. The number of hydrogen-bond acceptors (Lipinski definition) is 5. The van der Waals surface area contributed by atoms with E-state index in [1.165, 1.54) is 30.7 Å². The van der Waals surface area contributed by atoms with E-state index in [0.717, 1.165) is 6.42 Å². The van der Waals surface area contributed by atoms with Gasteiger partial charge in [-0.15, -0.1) is 0 Å².